The van der Waals surface area contributed by atoms with Crippen LogP contribution >= 0.6 is 0 Å². The molecule has 1 aliphatic rings. The highest BCUT2D eigenvalue weighted by Gasteiger charge is 2.66. The van der Waals surface area contributed by atoms with Gasteiger partial charge in [0.05, 0.1) is 25.3 Å². The number of carbonyl (C=O) groups is 1. The summed E-state index contributed by atoms with van der Waals surface area (Å²) in [7, 11) is 0. The van der Waals surface area contributed by atoms with Gasteiger partial charge in [-0.15, -0.1) is 0 Å². The second-order valence-corrected chi connectivity index (χ2v) is 9.67. The Kier molecular flexibility index (Phi) is 6.93. The number of hydrogen-bond acceptors (Lipinski definition) is 7. The van der Waals surface area contributed by atoms with Gasteiger partial charge in [0.2, 0.25) is 5.91 Å². The summed E-state index contributed by atoms with van der Waals surface area (Å²) in [5.41, 5.74) is 0.0186. The molecule has 39 heavy (non-hydrogen) atoms. The molecule has 0 radical (unpaired) electrons. The van der Waals surface area contributed by atoms with Gasteiger partial charge in [-0.3, -0.25) is 9.48 Å². The van der Waals surface area contributed by atoms with E-state index in [1.807, 2.05) is 6.20 Å². The smallest absolute Gasteiger partial charge is 0.391 e. The van der Waals surface area contributed by atoms with E-state index in [1.54, 1.807) is 36.3 Å². The van der Waals surface area contributed by atoms with Crippen LogP contribution in [0.15, 0.2) is 53.6 Å². The number of rotatable bonds is 9. The molecule has 1 aromatic carbocycles. The van der Waals surface area contributed by atoms with Gasteiger partial charge >= 0.3 is 6.18 Å². The Balaban J connectivity index is 1.19. The Hall–Kier alpha value is -4.13. The van der Waals surface area contributed by atoms with Crippen LogP contribution in [0.25, 0.3) is 11.1 Å². The molecule has 204 valence electrons. The number of aliphatic hydroxyl groups excluding tert-OH is 1. The zero-order valence-electron chi connectivity index (χ0n) is 20.7. The first-order valence-electron chi connectivity index (χ1n) is 12.2. The molecule has 13 heteroatoms. The van der Waals surface area contributed by atoms with Crippen molar-refractivity contribution in [1.82, 2.24) is 24.9 Å². The van der Waals surface area contributed by atoms with E-state index in [4.69, 9.17) is 4.52 Å². The average molecular weight is 545 g/mol. The number of halogens is 4. The van der Waals surface area contributed by atoms with Gasteiger partial charge in [-0.25, -0.2) is 14.4 Å². The van der Waals surface area contributed by atoms with Gasteiger partial charge < -0.3 is 14.9 Å². The van der Waals surface area contributed by atoms with Crippen LogP contribution < -0.4 is 5.32 Å². The largest absolute Gasteiger partial charge is 0.401 e. The lowest BCUT2D eigenvalue weighted by Crippen LogP contribution is -2.28. The van der Waals surface area contributed by atoms with Gasteiger partial charge in [-0.1, -0.05) is 17.3 Å². The molecule has 3 heterocycles. The van der Waals surface area contributed by atoms with Gasteiger partial charge in [0, 0.05) is 36.6 Å². The van der Waals surface area contributed by atoms with Crippen LogP contribution in [0.4, 0.5) is 23.4 Å². The zero-order valence-corrected chi connectivity index (χ0v) is 20.7. The maximum Gasteiger partial charge on any atom is 0.401 e. The van der Waals surface area contributed by atoms with Gasteiger partial charge in [0.25, 0.3) is 0 Å². The molecular formula is C26H24F4N6O3. The van der Waals surface area contributed by atoms with Crippen LogP contribution in [0, 0.1) is 5.82 Å². The van der Waals surface area contributed by atoms with Gasteiger partial charge in [0.1, 0.15) is 17.1 Å². The van der Waals surface area contributed by atoms with Gasteiger partial charge in [-0.05, 0) is 42.5 Å². The fourth-order valence-electron chi connectivity index (χ4n) is 4.23. The highest BCUT2D eigenvalue weighted by molar-refractivity contribution is 5.91. The Morgan fingerprint density at radius 1 is 1.18 bits per heavy atom. The number of carbonyl (C=O) groups excluding carboxylic acids is 1. The Bertz CT molecular complexity index is 1480. The van der Waals surface area contributed by atoms with E-state index < -0.39 is 29.4 Å². The van der Waals surface area contributed by atoms with Crippen molar-refractivity contribution >= 4 is 11.7 Å². The molecule has 1 fully saturated rings. The molecule has 0 aliphatic heterocycles. The summed E-state index contributed by atoms with van der Waals surface area (Å²) in [5.74, 6) is -1.24. The first kappa shape index (κ1) is 26.5. The van der Waals surface area contributed by atoms with Crippen LogP contribution in [-0.4, -0.2) is 48.2 Å². The second-order valence-electron chi connectivity index (χ2n) is 9.67. The third-order valence-electron chi connectivity index (χ3n) is 6.48. The van der Waals surface area contributed by atoms with Gasteiger partial charge in [0.15, 0.2) is 11.6 Å². The third kappa shape index (κ3) is 5.82. The molecule has 0 bridgehead atoms. The van der Waals surface area contributed by atoms with E-state index in [0.717, 1.165) is 11.6 Å². The second kappa shape index (κ2) is 10.2. The minimum atomic E-state index is -4.46. The summed E-state index contributed by atoms with van der Waals surface area (Å²) in [4.78, 5) is 21.1. The number of amides is 1. The quantitative estimate of drug-likeness (QED) is 0.303. The summed E-state index contributed by atoms with van der Waals surface area (Å²) in [6.45, 7) is 2.06. The normalized spacial score (nSPS) is 15.2. The molecule has 9 nitrogen and oxygen atoms in total. The number of alkyl halides is 3. The molecule has 0 spiro atoms. The van der Waals surface area contributed by atoms with Crippen molar-refractivity contribution in [1.29, 1.82) is 0 Å². The molecule has 1 saturated carbocycles. The number of nitrogens with one attached hydrogen (secondary N) is 1. The van der Waals surface area contributed by atoms with E-state index in [-0.39, 0.29) is 36.4 Å². The molecule has 1 amide bonds. The predicted octanol–water partition coefficient (Wildman–Crippen LogP) is 4.21. The van der Waals surface area contributed by atoms with E-state index in [2.05, 4.69) is 25.5 Å². The summed E-state index contributed by atoms with van der Waals surface area (Å²) >= 11 is 0. The first-order chi connectivity index (χ1) is 18.5. The number of aliphatic hydroxyl groups is 1. The van der Waals surface area contributed by atoms with E-state index in [9.17, 15) is 27.5 Å². The fraction of sp³-hybridized carbons (Fsp3) is 0.346. The van der Waals surface area contributed by atoms with Crippen LogP contribution in [-0.2, 0) is 29.6 Å². The van der Waals surface area contributed by atoms with Crippen molar-refractivity contribution in [2.45, 2.75) is 56.8 Å². The summed E-state index contributed by atoms with van der Waals surface area (Å²) in [6, 6.07) is 5.39. The number of nitrogens with zero attached hydrogens (tertiary/aromatic N) is 5. The predicted molar refractivity (Wildman–Crippen MR) is 130 cm³/mol. The van der Waals surface area contributed by atoms with Crippen molar-refractivity contribution in [3.05, 3.63) is 77.6 Å². The van der Waals surface area contributed by atoms with Crippen LogP contribution in [0.2, 0.25) is 0 Å². The van der Waals surface area contributed by atoms with Crippen molar-refractivity contribution < 1.29 is 32.0 Å². The van der Waals surface area contributed by atoms with Crippen molar-refractivity contribution in [2.24, 2.45) is 0 Å². The number of anilines is 1. The third-order valence-corrected chi connectivity index (χ3v) is 6.48. The molecule has 1 aliphatic carbocycles. The van der Waals surface area contributed by atoms with Crippen molar-refractivity contribution in [3.8, 4) is 11.1 Å². The Morgan fingerprint density at radius 2 is 1.92 bits per heavy atom. The molecule has 4 aromatic rings. The van der Waals surface area contributed by atoms with E-state index in [0.29, 0.717) is 29.9 Å². The van der Waals surface area contributed by atoms with Crippen molar-refractivity contribution in [2.75, 3.05) is 5.32 Å². The SMILES string of the molecule is CC(O)Cn1cc(Cc2ncc(-c3ccc(CC(=O)Nc4cc(C5(C(F)(F)F)CC5)on4)c(F)c3)cn2)cn1. The maximum absolute atomic E-state index is 14.8. The molecule has 5 rings (SSSR count). The van der Waals surface area contributed by atoms with E-state index in [1.165, 1.54) is 12.1 Å². The minimum Gasteiger partial charge on any atom is -0.391 e. The molecule has 0 saturated heterocycles. The van der Waals surface area contributed by atoms with Crippen LogP contribution in [0.1, 0.15) is 42.5 Å². The molecule has 3 aromatic heterocycles. The average Bonchev–Trinajstić information content (AvgIpc) is 3.40. The summed E-state index contributed by atoms with van der Waals surface area (Å²) in [5, 5.41) is 19.5. The highest BCUT2D eigenvalue weighted by Crippen LogP contribution is 2.59. The zero-order chi connectivity index (χ0) is 27.8. The number of hydrogen-bond donors (Lipinski definition) is 2. The molecule has 2 N–H and O–H groups in total. The summed E-state index contributed by atoms with van der Waals surface area (Å²) in [6.07, 6.45) is 1.54. The first-order valence-corrected chi connectivity index (χ1v) is 12.2. The maximum atomic E-state index is 14.8. The number of aromatic nitrogens is 5. The lowest BCUT2D eigenvalue weighted by Gasteiger charge is -2.14. The summed E-state index contributed by atoms with van der Waals surface area (Å²) < 4.78 is 61.0. The van der Waals surface area contributed by atoms with Gasteiger partial charge in [-0.2, -0.15) is 18.3 Å². The lowest BCUT2D eigenvalue weighted by molar-refractivity contribution is -0.165. The number of benzene rings is 1. The molecular weight excluding hydrogens is 520 g/mol. The minimum absolute atomic E-state index is 0.0964. The van der Waals surface area contributed by atoms with Crippen LogP contribution in [0.5, 0.6) is 0 Å². The standard InChI is InChI=1S/C26H24F4N6O3/c1-15(37)13-36-14-16(10-33-36)6-22-31-11-19(12-32-22)17-2-3-18(20(27)7-17)8-24(38)34-23-9-21(39-35-23)25(4-5-25)26(28,29)30/h2-3,7,9-12,14-15,37H,4-6,8,13H2,1H3,(H,34,35,38). The molecule has 1 unspecified atom stereocenters. The Morgan fingerprint density at radius 3 is 2.56 bits per heavy atom. The fourth-order valence-corrected chi connectivity index (χ4v) is 4.23. The van der Waals surface area contributed by atoms with E-state index >= 15 is 0 Å². The monoisotopic (exact) mass is 544 g/mol. The molecule has 1 atom stereocenters. The Labute approximate surface area is 219 Å². The van der Waals surface area contributed by atoms with Crippen LogP contribution in [0.3, 0.4) is 0 Å². The topological polar surface area (TPSA) is 119 Å². The van der Waals surface area contributed by atoms with Crippen molar-refractivity contribution in [3.63, 3.8) is 0 Å². The lowest BCUT2D eigenvalue weighted by atomic mass is 10.0. The highest BCUT2D eigenvalue weighted by atomic mass is 19.4.